The second-order valence-electron chi connectivity index (χ2n) is 3.18. The summed E-state index contributed by atoms with van der Waals surface area (Å²) in [5, 5.41) is 7.79. The summed E-state index contributed by atoms with van der Waals surface area (Å²) in [4.78, 5) is 6.47. The number of rotatable bonds is 1. The minimum Gasteiger partial charge on any atom is -0.366 e. The Hall–Kier alpha value is -1.23. The van der Waals surface area contributed by atoms with Crippen LogP contribution in [0.25, 0.3) is 0 Å². The summed E-state index contributed by atoms with van der Waals surface area (Å²) in [6.07, 6.45) is 0.933. The first-order valence-corrected chi connectivity index (χ1v) is 4.50. The van der Waals surface area contributed by atoms with Gasteiger partial charge in [0.15, 0.2) is 0 Å². The maximum atomic E-state index is 5.45. The van der Waals surface area contributed by atoms with Gasteiger partial charge in [0.2, 0.25) is 5.95 Å². The Morgan fingerprint density at radius 2 is 2.23 bits per heavy atom. The normalized spacial score (nSPS) is 17.0. The Morgan fingerprint density at radius 1 is 1.38 bits per heavy atom. The molecule has 1 aliphatic heterocycles. The van der Waals surface area contributed by atoms with Crippen LogP contribution >= 0.6 is 0 Å². The third kappa shape index (κ3) is 1.60. The Kier molecular flexibility index (Phi) is 2.10. The van der Waals surface area contributed by atoms with Gasteiger partial charge >= 0.3 is 0 Å². The van der Waals surface area contributed by atoms with Crippen LogP contribution in [0.5, 0.6) is 0 Å². The Bertz CT molecular complexity index is 311. The van der Waals surface area contributed by atoms with E-state index in [-0.39, 0.29) is 5.95 Å². The number of nitrogen functional groups attached to an aromatic ring is 1. The third-order valence-electron chi connectivity index (χ3n) is 2.34. The standard InChI is InChI=1S/C8H13N5/c1-2-13-4-3-6-7(5-13)11-12-8(9)10-6/h2-5H2,1H3,(H2,9,10,12). The monoisotopic (exact) mass is 179 g/mol. The molecule has 0 amide bonds. The van der Waals surface area contributed by atoms with E-state index in [0.717, 1.165) is 37.4 Å². The first kappa shape index (κ1) is 8.37. The summed E-state index contributed by atoms with van der Waals surface area (Å²) >= 11 is 0. The quantitative estimate of drug-likeness (QED) is 0.648. The highest BCUT2D eigenvalue weighted by atomic mass is 15.2. The summed E-state index contributed by atoms with van der Waals surface area (Å²) in [7, 11) is 0. The van der Waals surface area contributed by atoms with Crippen molar-refractivity contribution in [3.05, 3.63) is 11.4 Å². The summed E-state index contributed by atoms with van der Waals surface area (Å²) in [5.74, 6) is 0.281. The molecule has 0 fully saturated rings. The maximum absolute atomic E-state index is 5.45. The Balaban J connectivity index is 2.26. The number of aromatic nitrogens is 3. The van der Waals surface area contributed by atoms with E-state index < -0.39 is 0 Å². The zero-order valence-corrected chi connectivity index (χ0v) is 7.69. The second-order valence-corrected chi connectivity index (χ2v) is 3.18. The van der Waals surface area contributed by atoms with E-state index in [1.807, 2.05) is 0 Å². The summed E-state index contributed by atoms with van der Waals surface area (Å²) in [5.41, 5.74) is 7.44. The van der Waals surface area contributed by atoms with E-state index in [9.17, 15) is 0 Å². The highest BCUT2D eigenvalue weighted by Crippen LogP contribution is 2.13. The molecule has 1 aliphatic rings. The van der Waals surface area contributed by atoms with E-state index in [4.69, 9.17) is 5.73 Å². The van der Waals surface area contributed by atoms with Crippen molar-refractivity contribution in [3.63, 3.8) is 0 Å². The fourth-order valence-electron chi connectivity index (χ4n) is 1.54. The fraction of sp³-hybridized carbons (Fsp3) is 0.625. The molecule has 0 aromatic carbocycles. The lowest BCUT2D eigenvalue weighted by Crippen LogP contribution is -2.32. The number of anilines is 1. The number of fused-ring (bicyclic) bond motifs is 1. The topological polar surface area (TPSA) is 67.9 Å². The van der Waals surface area contributed by atoms with E-state index in [1.165, 1.54) is 0 Å². The van der Waals surface area contributed by atoms with E-state index in [2.05, 4.69) is 27.0 Å². The molecule has 2 heterocycles. The van der Waals surface area contributed by atoms with Crippen LogP contribution in [0.1, 0.15) is 18.3 Å². The van der Waals surface area contributed by atoms with Crippen molar-refractivity contribution >= 4 is 5.95 Å². The zero-order valence-electron chi connectivity index (χ0n) is 7.69. The van der Waals surface area contributed by atoms with Gasteiger partial charge in [0, 0.05) is 19.5 Å². The van der Waals surface area contributed by atoms with Gasteiger partial charge in [-0.25, -0.2) is 4.98 Å². The van der Waals surface area contributed by atoms with Crippen LogP contribution in [-0.4, -0.2) is 33.2 Å². The number of likely N-dealkylation sites (N-methyl/N-ethyl adjacent to an activating group) is 1. The van der Waals surface area contributed by atoms with E-state index in [1.54, 1.807) is 0 Å². The molecule has 0 aliphatic carbocycles. The van der Waals surface area contributed by atoms with Crippen molar-refractivity contribution in [2.75, 3.05) is 18.8 Å². The summed E-state index contributed by atoms with van der Waals surface area (Å²) < 4.78 is 0. The van der Waals surface area contributed by atoms with Crippen molar-refractivity contribution in [1.82, 2.24) is 20.1 Å². The minimum atomic E-state index is 0.281. The predicted molar refractivity (Wildman–Crippen MR) is 48.9 cm³/mol. The zero-order chi connectivity index (χ0) is 9.26. The van der Waals surface area contributed by atoms with Gasteiger partial charge in [0.1, 0.15) is 0 Å². The van der Waals surface area contributed by atoms with E-state index in [0.29, 0.717) is 0 Å². The molecular weight excluding hydrogens is 166 g/mol. The van der Waals surface area contributed by atoms with Gasteiger partial charge in [-0.05, 0) is 6.54 Å². The van der Waals surface area contributed by atoms with Crippen LogP contribution in [0, 0.1) is 0 Å². The van der Waals surface area contributed by atoms with Crippen molar-refractivity contribution < 1.29 is 0 Å². The molecule has 0 spiro atoms. The van der Waals surface area contributed by atoms with Gasteiger partial charge in [-0.2, -0.15) is 0 Å². The number of nitrogens with zero attached hydrogens (tertiary/aromatic N) is 4. The van der Waals surface area contributed by atoms with Crippen LogP contribution in [0.3, 0.4) is 0 Å². The van der Waals surface area contributed by atoms with Gasteiger partial charge in [0.25, 0.3) is 0 Å². The Labute approximate surface area is 77.0 Å². The van der Waals surface area contributed by atoms with Crippen molar-refractivity contribution in [2.45, 2.75) is 19.9 Å². The van der Waals surface area contributed by atoms with Gasteiger partial charge in [-0.3, -0.25) is 4.90 Å². The molecule has 0 bridgehead atoms. The van der Waals surface area contributed by atoms with Crippen molar-refractivity contribution in [1.29, 1.82) is 0 Å². The molecular formula is C8H13N5. The molecule has 1 aromatic rings. The maximum Gasteiger partial charge on any atom is 0.240 e. The molecule has 1 aromatic heterocycles. The largest absolute Gasteiger partial charge is 0.366 e. The number of hydrogen-bond donors (Lipinski definition) is 1. The molecule has 0 saturated carbocycles. The average molecular weight is 179 g/mol. The predicted octanol–water partition coefficient (Wildman–Crippen LogP) is -0.168. The number of hydrogen-bond acceptors (Lipinski definition) is 5. The van der Waals surface area contributed by atoms with Crippen LogP contribution < -0.4 is 5.73 Å². The molecule has 2 N–H and O–H groups in total. The first-order chi connectivity index (χ1) is 6.29. The Morgan fingerprint density at radius 3 is 3.00 bits per heavy atom. The lowest BCUT2D eigenvalue weighted by Gasteiger charge is -2.25. The molecule has 2 rings (SSSR count). The molecule has 5 nitrogen and oxygen atoms in total. The van der Waals surface area contributed by atoms with Crippen LogP contribution in [-0.2, 0) is 13.0 Å². The lowest BCUT2D eigenvalue weighted by atomic mass is 10.1. The smallest absolute Gasteiger partial charge is 0.240 e. The van der Waals surface area contributed by atoms with Crippen LogP contribution in [0.4, 0.5) is 5.95 Å². The fourth-order valence-corrected chi connectivity index (χ4v) is 1.54. The van der Waals surface area contributed by atoms with Crippen molar-refractivity contribution in [3.8, 4) is 0 Å². The van der Waals surface area contributed by atoms with Crippen LogP contribution in [0.2, 0.25) is 0 Å². The molecule has 5 heteroatoms. The van der Waals surface area contributed by atoms with Crippen molar-refractivity contribution in [2.24, 2.45) is 0 Å². The molecule has 0 radical (unpaired) electrons. The lowest BCUT2D eigenvalue weighted by molar-refractivity contribution is 0.259. The second kappa shape index (κ2) is 3.26. The third-order valence-corrected chi connectivity index (χ3v) is 2.34. The van der Waals surface area contributed by atoms with Gasteiger partial charge < -0.3 is 5.73 Å². The first-order valence-electron chi connectivity index (χ1n) is 4.50. The summed E-state index contributed by atoms with van der Waals surface area (Å²) in [6.45, 7) is 5.09. The van der Waals surface area contributed by atoms with E-state index >= 15 is 0 Å². The average Bonchev–Trinajstić information content (AvgIpc) is 2.17. The molecule has 13 heavy (non-hydrogen) atoms. The molecule has 0 unspecified atom stereocenters. The number of nitrogens with two attached hydrogens (primary N) is 1. The molecule has 70 valence electrons. The molecule has 0 atom stereocenters. The minimum absolute atomic E-state index is 0.281. The van der Waals surface area contributed by atoms with Gasteiger partial charge in [-0.1, -0.05) is 6.92 Å². The highest BCUT2D eigenvalue weighted by molar-refractivity contribution is 5.21. The van der Waals surface area contributed by atoms with Gasteiger partial charge in [-0.15, -0.1) is 10.2 Å². The van der Waals surface area contributed by atoms with Gasteiger partial charge in [0.05, 0.1) is 11.4 Å². The highest BCUT2D eigenvalue weighted by Gasteiger charge is 2.17. The summed E-state index contributed by atoms with van der Waals surface area (Å²) in [6, 6.07) is 0. The van der Waals surface area contributed by atoms with Crippen LogP contribution in [0.15, 0.2) is 0 Å². The molecule has 0 saturated heterocycles. The SMILES string of the molecule is CCN1CCc2nc(N)nnc2C1.